The summed E-state index contributed by atoms with van der Waals surface area (Å²) in [5.41, 5.74) is 7.59. The summed E-state index contributed by atoms with van der Waals surface area (Å²) in [5.74, 6) is -0.285. The van der Waals surface area contributed by atoms with Crippen molar-refractivity contribution in [2.24, 2.45) is 7.05 Å². The van der Waals surface area contributed by atoms with Gasteiger partial charge in [0.1, 0.15) is 11.5 Å². The fourth-order valence-corrected chi connectivity index (χ4v) is 1.37. The summed E-state index contributed by atoms with van der Waals surface area (Å²) in [6, 6.07) is 6.22. The first-order chi connectivity index (χ1) is 6.66. The first kappa shape index (κ1) is 8.74. The Morgan fingerprint density at radius 3 is 2.79 bits per heavy atom. The van der Waals surface area contributed by atoms with Crippen LogP contribution in [0.1, 0.15) is 0 Å². The van der Waals surface area contributed by atoms with Gasteiger partial charge in [-0.15, -0.1) is 0 Å². The first-order valence-electron chi connectivity index (χ1n) is 4.22. The molecule has 1 aromatic carbocycles. The molecule has 0 aliphatic heterocycles. The van der Waals surface area contributed by atoms with Gasteiger partial charge in [-0.05, 0) is 12.1 Å². The van der Waals surface area contributed by atoms with Gasteiger partial charge < -0.3 is 5.73 Å². The maximum atomic E-state index is 12.9. The molecule has 14 heavy (non-hydrogen) atoms. The molecular weight excluding hydrogens is 181 g/mol. The van der Waals surface area contributed by atoms with Crippen molar-refractivity contribution >= 4 is 5.69 Å². The number of nitrogen functional groups attached to an aromatic ring is 1. The molecule has 1 aromatic heterocycles. The third-order valence-electron chi connectivity index (χ3n) is 1.96. The van der Waals surface area contributed by atoms with Crippen molar-refractivity contribution < 1.29 is 4.39 Å². The highest BCUT2D eigenvalue weighted by Crippen LogP contribution is 2.23. The second-order valence-corrected chi connectivity index (χ2v) is 3.12. The lowest BCUT2D eigenvalue weighted by Gasteiger charge is -1.97. The van der Waals surface area contributed by atoms with E-state index < -0.39 is 0 Å². The van der Waals surface area contributed by atoms with Gasteiger partial charge >= 0.3 is 0 Å². The van der Waals surface area contributed by atoms with Crippen LogP contribution in [0.4, 0.5) is 10.1 Å². The van der Waals surface area contributed by atoms with Crippen LogP contribution in [-0.4, -0.2) is 9.78 Å². The highest BCUT2D eigenvalue weighted by Gasteiger charge is 2.07. The average molecular weight is 191 g/mol. The standard InChI is InChI=1S/C10H10FN3/c1-14-6-9(12)10(13-14)7-3-2-4-8(11)5-7/h2-6H,12H2,1H3. The quantitative estimate of drug-likeness (QED) is 0.747. The van der Waals surface area contributed by atoms with Crippen LogP contribution in [0.3, 0.4) is 0 Å². The molecule has 0 aliphatic carbocycles. The number of halogens is 1. The van der Waals surface area contributed by atoms with Gasteiger partial charge in [-0.3, -0.25) is 4.68 Å². The van der Waals surface area contributed by atoms with Crippen LogP contribution >= 0.6 is 0 Å². The minimum atomic E-state index is -0.285. The Labute approximate surface area is 81.0 Å². The van der Waals surface area contributed by atoms with E-state index in [1.807, 2.05) is 0 Å². The molecular formula is C10H10FN3. The van der Waals surface area contributed by atoms with Gasteiger partial charge in [0.2, 0.25) is 0 Å². The van der Waals surface area contributed by atoms with Crippen LogP contribution in [0.2, 0.25) is 0 Å². The number of nitrogens with zero attached hydrogens (tertiary/aromatic N) is 2. The van der Waals surface area contributed by atoms with E-state index in [2.05, 4.69) is 5.10 Å². The Morgan fingerprint density at radius 2 is 2.21 bits per heavy atom. The predicted octanol–water partition coefficient (Wildman–Crippen LogP) is 1.81. The minimum Gasteiger partial charge on any atom is -0.396 e. The lowest BCUT2D eigenvalue weighted by Crippen LogP contribution is -1.88. The molecule has 2 aromatic rings. The number of aryl methyl sites for hydroxylation is 1. The molecule has 0 saturated heterocycles. The van der Waals surface area contributed by atoms with E-state index >= 15 is 0 Å². The molecule has 0 amide bonds. The number of aromatic nitrogens is 2. The number of anilines is 1. The molecule has 0 fully saturated rings. The Morgan fingerprint density at radius 1 is 1.43 bits per heavy atom. The predicted molar refractivity (Wildman–Crippen MR) is 53.0 cm³/mol. The topological polar surface area (TPSA) is 43.8 Å². The highest BCUT2D eigenvalue weighted by atomic mass is 19.1. The fourth-order valence-electron chi connectivity index (χ4n) is 1.37. The van der Waals surface area contributed by atoms with Gasteiger partial charge in [0, 0.05) is 18.8 Å². The second-order valence-electron chi connectivity index (χ2n) is 3.12. The molecule has 0 radical (unpaired) electrons. The lowest BCUT2D eigenvalue weighted by atomic mass is 10.1. The van der Waals surface area contributed by atoms with Crippen molar-refractivity contribution in [3.8, 4) is 11.3 Å². The molecule has 2 rings (SSSR count). The van der Waals surface area contributed by atoms with Crippen LogP contribution in [0.25, 0.3) is 11.3 Å². The summed E-state index contributed by atoms with van der Waals surface area (Å²) in [4.78, 5) is 0. The van der Waals surface area contributed by atoms with Crippen LogP contribution in [-0.2, 0) is 7.05 Å². The van der Waals surface area contributed by atoms with E-state index in [0.29, 0.717) is 16.9 Å². The normalized spacial score (nSPS) is 10.4. The van der Waals surface area contributed by atoms with Crippen molar-refractivity contribution in [1.82, 2.24) is 9.78 Å². The number of rotatable bonds is 1. The zero-order chi connectivity index (χ0) is 10.1. The fraction of sp³-hybridized carbons (Fsp3) is 0.100. The summed E-state index contributed by atoms with van der Waals surface area (Å²) in [6.07, 6.45) is 1.69. The van der Waals surface area contributed by atoms with Crippen LogP contribution in [0, 0.1) is 5.82 Å². The van der Waals surface area contributed by atoms with Crippen LogP contribution in [0.15, 0.2) is 30.5 Å². The SMILES string of the molecule is Cn1cc(N)c(-c2cccc(F)c2)n1. The molecule has 72 valence electrons. The molecule has 0 aliphatic rings. The van der Waals surface area contributed by atoms with E-state index in [9.17, 15) is 4.39 Å². The molecule has 3 nitrogen and oxygen atoms in total. The van der Waals surface area contributed by atoms with E-state index in [-0.39, 0.29) is 5.82 Å². The van der Waals surface area contributed by atoms with Crippen molar-refractivity contribution in [2.75, 3.05) is 5.73 Å². The molecule has 4 heteroatoms. The van der Waals surface area contributed by atoms with Gasteiger partial charge in [0.15, 0.2) is 0 Å². The van der Waals surface area contributed by atoms with E-state index in [4.69, 9.17) is 5.73 Å². The largest absolute Gasteiger partial charge is 0.396 e. The van der Waals surface area contributed by atoms with Gasteiger partial charge in [0.05, 0.1) is 5.69 Å². The smallest absolute Gasteiger partial charge is 0.123 e. The monoisotopic (exact) mass is 191 g/mol. The zero-order valence-corrected chi connectivity index (χ0v) is 7.74. The van der Waals surface area contributed by atoms with E-state index in [1.54, 1.807) is 30.1 Å². The highest BCUT2D eigenvalue weighted by molar-refractivity contribution is 5.71. The molecule has 0 atom stereocenters. The van der Waals surface area contributed by atoms with Gasteiger partial charge in [-0.1, -0.05) is 12.1 Å². The Bertz CT molecular complexity index is 462. The number of hydrogen-bond acceptors (Lipinski definition) is 2. The Hall–Kier alpha value is -1.84. The first-order valence-corrected chi connectivity index (χ1v) is 4.22. The van der Waals surface area contributed by atoms with Gasteiger partial charge in [-0.25, -0.2) is 4.39 Å². The summed E-state index contributed by atoms with van der Waals surface area (Å²) < 4.78 is 14.5. The maximum Gasteiger partial charge on any atom is 0.123 e. The van der Waals surface area contributed by atoms with E-state index in [0.717, 1.165) is 0 Å². The third kappa shape index (κ3) is 1.46. The second kappa shape index (κ2) is 3.14. The Balaban J connectivity index is 2.54. The van der Waals surface area contributed by atoms with Crippen LogP contribution < -0.4 is 5.73 Å². The third-order valence-corrected chi connectivity index (χ3v) is 1.96. The van der Waals surface area contributed by atoms with Crippen molar-refractivity contribution in [2.45, 2.75) is 0 Å². The summed E-state index contributed by atoms with van der Waals surface area (Å²) in [6.45, 7) is 0. The van der Waals surface area contributed by atoms with Crippen LogP contribution in [0.5, 0.6) is 0 Å². The molecule has 0 spiro atoms. The van der Waals surface area contributed by atoms with Gasteiger partial charge in [-0.2, -0.15) is 5.10 Å². The molecule has 2 N–H and O–H groups in total. The zero-order valence-electron chi connectivity index (χ0n) is 7.74. The summed E-state index contributed by atoms with van der Waals surface area (Å²) in [7, 11) is 1.78. The molecule has 0 bridgehead atoms. The maximum absolute atomic E-state index is 12.9. The summed E-state index contributed by atoms with van der Waals surface area (Å²) in [5, 5.41) is 4.15. The van der Waals surface area contributed by atoms with Crippen molar-refractivity contribution in [1.29, 1.82) is 0 Å². The number of hydrogen-bond donors (Lipinski definition) is 1. The molecule has 0 unspecified atom stereocenters. The Kier molecular flexibility index (Phi) is 1.96. The number of nitrogens with two attached hydrogens (primary N) is 1. The van der Waals surface area contributed by atoms with Gasteiger partial charge in [0.25, 0.3) is 0 Å². The van der Waals surface area contributed by atoms with E-state index in [1.165, 1.54) is 12.1 Å². The molecule has 0 saturated carbocycles. The number of benzene rings is 1. The minimum absolute atomic E-state index is 0.285. The van der Waals surface area contributed by atoms with Crippen molar-refractivity contribution in [3.05, 3.63) is 36.3 Å². The lowest BCUT2D eigenvalue weighted by molar-refractivity contribution is 0.628. The van der Waals surface area contributed by atoms with Crippen molar-refractivity contribution in [3.63, 3.8) is 0 Å². The average Bonchev–Trinajstić information content (AvgIpc) is 2.45. The summed E-state index contributed by atoms with van der Waals surface area (Å²) >= 11 is 0. The molecule has 1 heterocycles.